The Balaban J connectivity index is 1.75. The monoisotopic (exact) mass is 360 g/mol. The van der Waals surface area contributed by atoms with Crippen molar-refractivity contribution in [3.63, 3.8) is 0 Å². The second-order valence-electron chi connectivity index (χ2n) is 5.52. The van der Waals surface area contributed by atoms with Crippen LogP contribution in [0.5, 0.6) is 5.75 Å². The number of nitrogens with one attached hydrogen (secondary N) is 1. The van der Waals surface area contributed by atoms with Crippen LogP contribution >= 0.6 is 11.3 Å². The molecule has 0 bridgehead atoms. The highest BCUT2D eigenvalue weighted by Crippen LogP contribution is 2.40. The molecule has 0 unspecified atom stereocenters. The van der Waals surface area contributed by atoms with Gasteiger partial charge in [-0.25, -0.2) is 0 Å². The number of rotatable bonds is 5. The summed E-state index contributed by atoms with van der Waals surface area (Å²) in [6.45, 7) is 0. The molecule has 0 aliphatic rings. The van der Waals surface area contributed by atoms with Crippen molar-refractivity contribution in [3.05, 3.63) is 73.1 Å². The van der Waals surface area contributed by atoms with E-state index in [0.717, 1.165) is 38.3 Å². The van der Waals surface area contributed by atoms with E-state index in [2.05, 4.69) is 20.5 Å². The zero-order chi connectivity index (χ0) is 17.8. The van der Waals surface area contributed by atoms with Crippen molar-refractivity contribution >= 4 is 22.2 Å². The van der Waals surface area contributed by atoms with Crippen LogP contribution in [0.1, 0.15) is 0 Å². The predicted molar refractivity (Wildman–Crippen MR) is 105 cm³/mol. The molecule has 0 fully saturated rings. The SMILES string of the molecule is COc1cccc(-c2nnc(Nc3ccccc3)s2)c1-c1ccncc1. The molecule has 2 aromatic carbocycles. The van der Waals surface area contributed by atoms with Crippen molar-refractivity contribution in [2.24, 2.45) is 0 Å². The molecule has 2 aromatic heterocycles. The summed E-state index contributed by atoms with van der Waals surface area (Å²) < 4.78 is 5.58. The van der Waals surface area contributed by atoms with Crippen LogP contribution in [0.25, 0.3) is 21.7 Å². The Morgan fingerprint density at radius 2 is 1.69 bits per heavy atom. The van der Waals surface area contributed by atoms with Crippen LogP contribution < -0.4 is 10.1 Å². The highest BCUT2D eigenvalue weighted by Gasteiger charge is 2.16. The summed E-state index contributed by atoms with van der Waals surface area (Å²) in [5.74, 6) is 0.793. The fraction of sp³-hybridized carbons (Fsp3) is 0.0500. The van der Waals surface area contributed by atoms with E-state index >= 15 is 0 Å². The Kier molecular flexibility index (Phi) is 4.57. The van der Waals surface area contributed by atoms with Gasteiger partial charge in [0.05, 0.1) is 7.11 Å². The maximum Gasteiger partial charge on any atom is 0.210 e. The molecule has 26 heavy (non-hydrogen) atoms. The summed E-state index contributed by atoms with van der Waals surface area (Å²) in [5, 5.41) is 13.5. The number of benzene rings is 2. The van der Waals surface area contributed by atoms with E-state index in [1.54, 1.807) is 19.5 Å². The van der Waals surface area contributed by atoms with Crippen molar-refractivity contribution in [1.82, 2.24) is 15.2 Å². The van der Waals surface area contributed by atoms with Gasteiger partial charge in [-0.3, -0.25) is 4.98 Å². The molecule has 6 heteroatoms. The zero-order valence-corrected chi connectivity index (χ0v) is 14.9. The molecule has 5 nitrogen and oxygen atoms in total. The third-order valence-corrected chi connectivity index (χ3v) is 4.77. The Morgan fingerprint density at radius 3 is 2.46 bits per heavy atom. The molecule has 1 N–H and O–H groups in total. The van der Waals surface area contributed by atoms with Gasteiger partial charge >= 0.3 is 0 Å². The highest BCUT2D eigenvalue weighted by atomic mass is 32.1. The number of anilines is 2. The molecule has 0 aliphatic carbocycles. The zero-order valence-electron chi connectivity index (χ0n) is 14.1. The number of pyridine rings is 1. The normalized spacial score (nSPS) is 10.5. The van der Waals surface area contributed by atoms with Crippen molar-refractivity contribution < 1.29 is 4.74 Å². The quantitative estimate of drug-likeness (QED) is 0.541. The summed E-state index contributed by atoms with van der Waals surface area (Å²) in [6.07, 6.45) is 3.54. The van der Waals surface area contributed by atoms with Crippen molar-refractivity contribution in [2.45, 2.75) is 0 Å². The average molecular weight is 360 g/mol. The summed E-state index contributed by atoms with van der Waals surface area (Å²) in [6, 6.07) is 19.8. The van der Waals surface area contributed by atoms with Crippen LogP contribution in [-0.2, 0) is 0 Å². The molecule has 2 heterocycles. The highest BCUT2D eigenvalue weighted by molar-refractivity contribution is 7.18. The van der Waals surface area contributed by atoms with Crippen molar-refractivity contribution in [2.75, 3.05) is 12.4 Å². The van der Waals surface area contributed by atoms with Crippen LogP contribution in [0.4, 0.5) is 10.8 Å². The van der Waals surface area contributed by atoms with Gasteiger partial charge in [0.15, 0.2) is 0 Å². The lowest BCUT2D eigenvalue weighted by atomic mass is 10.00. The molecular weight excluding hydrogens is 344 g/mol. The Hall–Kier alpha value is -3.25. The van der Waals surface area contributed by atoms with Crippen LogP contribution in [-0.4, -0.2) is 22.3 Å². The molecule has 4 rings (SSSR count). The number of methoxy groups -OCH3 is 1. The molecule has 0 amide bonds. The smallest absolute Gasteiger partial charge is 0.210 e. The van der Waals surface area contributed by atoms with Gasteiger partial charge in [0, 0.05) is 29.2 Å². The maximum absolute atomic E-state index is 5.58. The number of para-hydroxylation sites is 1. The summed E-state index contributed by atoms with van der Waals surface area (Å²) in [5.41, 5.74) is 3.98. The van der Waals surface area contributed by atoms with E-state index in [9.17, 15) is 0 Å². The standard InChI is InChI=1S/C20H16N4OS/c1-25-17-9-5-8-16(18(17)14-10-12-21-13-11-14)19-23-24-20(26-19)22-15-6-3-2-4-7-15/h2-13H,1H3,(H,22,24). The Morgan fingerprint density at radius 1 is 0.885 bits per heavy atom. The second kappa shape index (κ2) is 7.33. The van der Waals surface area contributed by atoms with Gasteiger partial charge in [0.1, 0.15) is 10.8 Å². The fourth-order valence-corrected chi connectivity index (χ4v) is 3.52. The molecule has 0 aliphatic heterocycles. The topological polar surface area (TPSA) is 59.9 Å². The van der Waals surface area contributed by atoms with Gasteiger partial charge in [-0.15, -0.1) is 10.2 Å². The number of aromatic nitrogens is 3. The lowest BCUT2D eigenvalue weighted by molar-refractivity contribution is 0.416. The fourth-order valence-electron chi connectivity index (χ4n) is 2.72. The number of hydrogen-bond acceptors (Lipinski definition) is 6. The van der Waals surface area contributed by atoms with Gasteiger partial charge in [-0.05, 0) is 35.9 Å². The summed E-state index contributed by atoms with van der Waals surface area (Å²) >= 11 is 1.50. The van der Waals surface area contributed by atoms with E-state index in [0.29, 0.717) is 0 Å². The maximum atomic E-state index is 5.58. The first-order valence-electron chi connectivity index (χ1n) is 8.08. The van der Waals surface area contributed by atoms with E-state index in [1.165, 1.54) is 11.3 Å². The van der Waals surface area contributed by atoms with Gasteiger partial charge in [0.25, 0.3) is 0 Å². The van der Waals surface area contributed by atoms with Crippen molar-refractivity contribution in [3.8, 4) is 27.4 Å². The van der Waals surface area contributed by atoms with Crippen LogP contribution in [0.3, 0.4) is 0 Å². The second-order valence-corrected chi connectivity index (χ2v) is 6.50. The Labute approximate surface area is 155 Å². The van der Waals surface area contributed by atoms with E-state index in [1.807, 2.05) is 60.7 Å². The average Bonchev–Trinajstić information content (AvgIpc) is 3.17. The largest absolute Gasteiger partial charge is 0.496 e. The number of ether oxygens (including phenoxy) is 1. The van der Waals surface area contributed by atoms with E-state index < -0.39 is 0 Å². The summed E-state index contributed by atoms with van der Waals surface area (Å²) in [7, 11) is 1.67. The third-order valence-electron chi connectivity index (χ3n) is 3.90. The molecular formula is C20H16N4OS. The van der Waals surface area contributed by atoms with Crippen LogP contribution in [0.15, 0.2) is 73.1 Å². The van der Waals surface area contributed by atoms with E-state index in [-0.39, 0.29) is 0 Å². The first-order valence-corrected chi connectivity index (χ1v) is 8.90. The van der Waals surface area contributed by atoms with Crippen LogP contribution in [0.2, 0.25) is 0 Å². The van der Waals surface area contributed by atoms with Gasteiger partial charge in [0.2, 0.25) is 5.13 Å². The number of hydrogen-bond donors (Lipinski definition) is 1. The molecule has 0 saturated carbocycles. The van der Waals surface area contributed by atoms with Gasteiger partial charge in [-0.2, -0.15) is 0 Å². The van der Waals surface area contributed by atoms with E-state index in [4.69, 9.17) is 4.74 Å². The van der Waals surface area contributed by atoms with Crippen LogP contribution in [0, 0.1) is 0 Å². The minimum atomic E-state index is 0.745. The summed E-state index contributed by atoms with van der Waals surface area (Å²) in [4.78, 5) is 4.10. The first-order chi connectivity index (χ1) is 12.8. The van der Waals surface area contributed by atoms with Gasteiger partial charge < -0.3 is 10.1 Å². The van der Waals surface area contributed by atoms with Gasteiger partial charge in [-0.1, -0.05) is 41.7 Å². The molecule has 0 radical (unpaired) electrons. The number of nitrogens with zero attached hydrogens (tertiary/aromatic N) is 3. The lowest BCUT2D eigenvalue weighted by Crippen LogP contribution is -1.91. The predicted octanol–water partition coefficient (Wildman–Crippen LogP) is 5.02. The minimum Gasteiger partial charge on any atom is -0.496 e. The molecule has 0 atom stereocenters. The molecule has 4 aromatic rings. The third kappa shape index (κ3) is 3.27. The molecule has 0 spiro atoms. The molecule has 128 valence electrons. The van der Waals surface area contributed by atoms with Crippen molar-refractivity contribution in [1.29, 1.82) is 0 Å². The lowest BCUT2D eigenvalue weighted by Gasteiger charge is -2.12. The first kappa shape index (κ1) is 16.2. The molecule has 0 saturated heterocycles. The Bertz CT molecular complexity index is 1000. The minimum absolute atomic E-state index is 0.745.